The van der Waals surface area contributed by atoms with Crippen LogP contribution in [0.1, 0.15) is 31.2 Å². The van der Waals surface area contributed by atoms with Crippen molar-refractivity contribution in [2.75, 3.05) is 0 Å². The van der Waals surface area contributed by atoms with E-state index in [0.29, 0.717) is 12.1 Å². The minimum atomic E-state index is -0.697. The summed E-state index contributed by atoms with van der Waals surface area (Å²) in [6, 6.07) is 11.4. The molecule has 5 rings (SSSR count). The van der Waals surface area contributed by atoms with Crippen molar-refractivity contribution in [3.8, 4) is 11.1 Å². The summed E-state index contributed by atoms with van der Waals surface area (Å²) >= 11 is 3.60. The molecule has 2 saturated heterocycles. The highest BCUT2D eigenvalue weighted by Gasteiger charge is 2.43. The molecule has 0 radical (unpaired) electrons. The molecule has 4 heterocycles. The second kappa shape index (κ2) is 5.66. The number of halogens is 1. The molecule has 2 aromatic heterocycles. The highest BCUT2D eigenvalue weighted by Crippen LogP contribution is 2.41. The van der Waals surface area contributed by atoms with Crippen molar-refractivity contribution in [1.82, 2.24) is 15.3 Å². The molecule has 3 N–H and O–H groups in total. The molecule has 0 saturated carbocycles. The molecule has 2 aliphatic rings. The van der Waals surface area contributed by atoms with E-state index >= 15 is 0 Å². The molecule has 3 atom stereocenters. The molecule has 2 fully saturated rings. The average Bonchev–Trinajstić information content (AvgIpc) is 3.18. The Bertz CT molecular complexity index is 922. The molecular formula is C20H20BrN3O. The number of hydrogen-bond donors (Lipinski definition) is 3. The van der Waals surface area contributed by atoms with Crippen LogP contribution in [0.3, 0.4) is 0 Å². The Balaban J connectivity index is 1.52. The highest BCUT2D eigenvalue weighted by molar-refractivity contribution is 9.10. The molecule has 3 aromatic rings. The van der Waals surface area contributed by atoms with Crippen LogP contribution in [0.4, 0.5) is 0 Å². The van der Waals surface area contributed by atoms with Crippen LogP contribution in [-0.4, -0.2) is 27.2 Å². The van der Waals surface area contributed by atoms with Crippen LogP contribution in [0.15, 0.2) is 47.2 Å². The number of fused-ring (bicyclic) bond motifs is 3. The fraction of sp³-hybridized carbons (Fsp3) is 0.350. The van der Waals surface area contributed by atoms with E-state index in [2.05, 4.69) is 55.5 Å². The van der Waals surface area contributed by atoms with Gasteiger partial charge in [0.25, 0.3) is 0 Å². The van der Waals surface area contributed by atoms with Crippen LogP contribution in [0.25, 0.3) is 22.2 Å². The lowest BCUT2D eigenvalue weighted by molar-refractivity contribution is -0.0114. The summed E-state index contributed by atoms with van der Waals surface area (Å²) in [7, 11) is 0. The third kappa shape index (κ3) is 2.53. The second-order valence-electron chi connectivity index (χ2n) is 7.37. The Hall–Kier alpha value is -1.69. The fourth-order valence-electron chi connectivity index (χ4n) is 4.58. The van der Waals surface area contributed by atoms with E-state index in [-0.39, 0.29) is 0 Å². The predicted molar refractivity (Wildman–Crippen MR) is 102 cm³/mol. The summed E-state index contributed by atoms with van der Waals surface area (Å²) in [5.74, 6) is 0. The first-order valence-electron chi connectivity index (χ1n) is 8.83. The summed E-state index contributed by atoms with van der Waals surface area (Å²) in [5.41, 5.74) is 3.49. The van der Waals surface area contributed by atoms with Crippen molar-refractivity contribution >= 4 is 27.0 Å². The maximum Gasteiger partial charge on any atom is 0.139 e. The molecule has 0 aliphatic carbocycles. The van der Waals surface area contributed by atoms with Gasteiger partial charge in [-0.05, 0) is 64.4 Å². The van der Waals surface area contributed by atoms with Crippen molar-refractivity contribution in [2.45, 2.75) is 43.4 Å². The minimum absolute atomic E-state index is 0.457. The van der Waals surface area contributed by atoms with Gasteiger partial charge < -0.3 is 15.4 Å². The molecular weight excluding hydrogens is 378 g/mol. The van der Waals surface area contributed by atoms with Crippen molar-refractivity contribution in [1.29, 1.82) is 0 Å². The second-order valence-corrected chi connectivity index (χ2v) is 8.23. The van der Waals surface area contributed by atoms with Gasteiger partial charge in [-0.1, -0.05) is 24.3 Å². The number of rotatable bonds is 2. The molecule has 1 aromatic carbocycles. The lowest BCUT2D eigenvalue weighted by Crippen LogP contribution is -2.46. The zero-order valence-corrected chi connectivity index (χ0v) is 15.4. The molecule has 4 nitrogen and oxygen atoms in total. The van der Waals surface area contributed by atoms with Crippen LogP contribution in [0, 0.1) is 0 Å². The van der Waals surface area contributed by atoms with Gasteiger partial charge in [0.05, 0.1) is 5.60 Å². The SMILES string of the molecule is OC1(c2ccc(-c3ccnc4[nH]cc(Br)c34)cc2)C[C@H]2CC[C@@H](C1)N2. The highest BCUT2D eigenvalue weighted by atomic mass is 79.9. The van der Waals surface area contributed by atoms with E-state index in [1.54, 1.807) is 0 Å². The first-order valence-corrected chi connectivity index (χ1v) is 9.63. The van der Waals surface area contributed by atoms with E-state index in [1.165, 1.54) is 12.8 Å². The summed E-state index contributed by atoms with van der Waals surface area (Å²) < 4.78 is 1.02. The molecule has 128 valence electrons. The summed E-state index contributed by atoms with van der Waals surface area (Å²) in [5, 5.41) is 15.9. The van der Waals surface area contributed by atoms with Gasteiger partial charge in [-0.2, -0.15) is 0 Å². The standard InChI is InChI=1S/C20H20BrN3O/c21-17-11-23-19-18(17)16(7-8-22-19)12-1-3-13(4-2-12)20(25)9-14-5-6-15(10-20)24-14/h1-4,7-8,11,14-15,24-25H,5-6,9-10H2,(H,22,23)/t14-,15+,20?. The van der Waals surface area contributed by atoms with Crippen LogP contribution in [0.5, 0.6) is 0 Å². The Morgan fingerprint density at radius 1 is 1.08 bits per heavy atom. The number of benzene rings is 1. The van der Waals surface area contributed by atoms with E-state index in [4.69, 9.17) is 0 Å². The number of piperidine rings is 1. The van der Waals surface area contributed by atoms with Gasteiger partial charge in [0.2, 0.25) is 0 Å². The number of aromatic amines is 1. The Labute approximate surface area is 154 Å². The zero-order valence-electron chi connectivity index (χ0n) is 13.8. The number of nitrogens with one attached hydrogen (secondary N) is 2. The van der Waals surface area contributed by atoms with Gasteiger partial charge >= 0.3 is 0 Å². The smallest absolute Gasteiger partial charge is 0.139 e. The topological polar surface area (TPSA) is 60.9 Å². The first-order chi connectivity index (χ1) is 12.1. The summed E-state index contributed by atoms with van der Waals surface area (Å²) in [6.45, 7) is 0. The van der Waals surface area contributed by atoms with E-state index in [0.717, 1.165) is 45.0 Å². The van der Waals surface area contributed by atoms with Gasteiger partial charge in [-0.25, -0.2) is 4.98 Å². The number of nitrogens with zero attached hydrogens (tertiary/aromatic N) is 1. The lowest BCUT2D eigenvalue weighted by atomic mass is 9.81. The van der Waals surface area contributed by atoms with Crippen LogP contribution in [0.2, 0.25) is 0 Å². The zero-order chi connectivity index (χ0) is 17.0. The first kappa shape index (κ1) is 15.6. The maximum atomic E-state index is 11.2. The Morgan fingerprint density at radius 3 is 2.52 bits per heavy atom. The molecule has 0 spiro atoms. The Morgan fingerprint density at radius 2 is 1.80 bits per heavy atom. The minimum Gasteiger partial charge on any atom is -0.385 e. The van der Waals surface area contributed by atoms with Gasteiger partial charge in [0.15, 0.2) is 0 Å². The fourth-order valence-corrected chi connectivity index (χ4v) is 5.09. The van der Waals surface area contributed by atoms with Gasteiger partial charge in [0, 0.05) is 34.3 Å². The van der Waals surface area contributed by atoms with Gasteiger partial charge in [0.1, 0.15) is 5.65 Å². The Kier molecular flexibility index (Phi) is 3.52. The van der Waals surface area contributed by atoms with E-state index in [1.807, 2.05) is 18.5 Å². The van der Waals surface area contributed by atoms with Gasteiger partial charge in [-0.15, -0.1) is 0 Å². The molecule has 1 unspecified atom stereocenters. The molecule has 25 heavy (non-hydrogen) atoms. The largest absolute Gasteiger partial charge is 0.385 e. The molecule has 2 aliphatic heterocycles. The van der Waals surface area contributed by atoms with Crippen LogP contribution in [-0.2, 0) is 5.60 Å². The van der Waals surface area contributed by atoms with Crippen LogP contribution < -0.4 is 5.32 Å². The van der Waals surface area contributed by atoms with E-state index < -0.39 is 5.60 Å². The number of H-pyrrole nitrogens is 1. The number of pyridine rings is 1. The third-order valence-corrected chi connectivity index (χ3v) is 6.39. The third-order valence-electron chi connectivity index (χ3n) is 5.76. The van der Waals surface area contributed by atoms with Crippen molar-refractivity contribution in [3.05, 3.63) is 52.8 Å². The maximum absolute atomic E-state index is 11.2. The van der Waals surface area contributed by atoms with E-state index in [9.17, 15) is 5.11 Å². The summed E-state index contributed by atoms with van der Waals surface area (Å²) in [6.07, 6.45) is 7.73. The van der Waals surface area contributed by atoms with Gasteiger partial charge in [-0.3, -0.25) is 0 Å². The molecule has 5 heteroatoms. The number of hydrogen-bond acceptors (Lipinski definition) is 3. The van der Waals surface area contributed by atoms with Crippen molar-refractivity contribution < 1.29 is 5.11 Å². The van der Waals surface area contributed by atoms with Crippen molar-refractivity contribution in [2.24, 2.45) is 0 Å². The molecule has 2 bridgehead atoms. The monoisotopic (exact) mass is 397 g/mol. The quantitative estimate of drug-likeness (QED) is 0.609. The van der Waals surface area contributed by atoms with Crippen LogP contribution >= 0.6 is 15.9 Å². The summed E-state index contributed by atoms with van der Waals surface area (Å²) in [4.78, 5) is 7.56. The lowest BCUT2D eigenvalue weighted by Gasteiger charge is -2.37. The normalized spacial score (nSPS) is 28.6. The van der Waals surface area contributed by atoms with Crippen molar-refractivity contribution in [3.63, 3.8) is 0 Å². The predicted octanol–water partition coefficient (Wildman–Crippen LogP) is 4.09. The molecule has 0 amide bonds. The number of aromatic nitrogens is 2. The average molecular weight is 398 g/mol. The number of aliphatic hydroxyl groups is 1.